The van der Waals surface area contributed by atoms with Gasteiger partial charge in [-0.15, -0.1) is 0 Å². The molecular formula is C14H22N2O2. The van der Waals surface area contributed by atoms with Crippen LogP contribution in [0.15, 0.2) is 30.3 Å². The topological polar surface area (TPSA) is 43.8 Å². The lowest BCUT2D eigenvalue weighted by Gasteiger charge is -2.34. The third kappa shape index (κ3) is 3.55. The van der Waals surface area contributed by atoms with Crippen molar-refractivity contribution in [3.05, 3.63) is 30.3 Å². The minimum absolute atomic E-state index is 0.00484. The van der Waals surface area contributed by atoms with Crippen LogP contribution >= 0.6 is 0 Å². The van der Waals surface area contributed by atoms with Gasteiger partial charge in [-0.25, -0.2) is 0 Å². The molecule has 1 aromatic carbocycles. The van der Waals surface area contributed by atoms with Gasteiger partial charge in [-0.3, -0.25) is 9.69 Å². The Balaban J connectivity index is 2.67. The van der Waals surface area contributed by atoms with E-state index < -0.39 is 5.54 Å². The molecule has 0 spiro atoms. The summed E-state index contributed by atoms with van der Waals surface area (Å²) in [4.78, 5) is 15.6. The number of anilines is 1. The second-order valence-corrected chi connectivity index (χ2v) is 5.11. The minimum Gasteiger partial charge on any atom is -0.394 e. The van der Waals surface area contributed by atoms with E-state index in [2.05, 4.69) is 0 Å². The van der Waals surface area contributed by atoms with Gasteiger partial charge in [0.25, 0.3) is 0 Å². The van der Waals surface area contributed by atoms with Gasteiger partial charge in [-0.05, 0) is 33.0 Å². The highest BCUT2D eigenvalue weighted by atomic mass is 16.3. The van der Waals surface area contributed by atoms with E-state index in [9.17, 15) is 9.90 Å². The van der Waals surface area contributed by atoms with Gasteiger partial charge in [0.05, 0.1) is 13.2 Å². The first-order valence-electron chi connectivity index (χ1n) is 6.02. The number of hydrogen-bond donors (Lipinski definition) is 1. The Hall–Kier alpha value is -1.39. The molecule has 0 saturated carbocycles. The van der Waals surface area contributed by atoms with Gasteiger partial charge >= 0.3 is 0 Å². The van der Waals surface area contributed by atoms with Crippen LogP contribution < -0.4 is 4.90 Å². The molecular weight excluding hydrogens is 228 g/mol. The summed E-state index contributed by atoms with van der Waals surface area (Å²) in [5, 5.41) is 9.27. The lowest BCUT2D eigenvalue weighted by Crippen LogP contribution is -2.49. The molecule has 0 saturated heterocycles. The molecule has 1 amide bonds. The van der Waals surface area contributed by atoms with Crippen LogP contribution in [0, 0.1) is 0 Å². The molecule has 0 atom stereocenters. The lowest BCUT2D eigenvalue weighted by molar-refractivity contribution is -0.120. The second-order valence-electron chi connectivity index (χ2n) is 5.11. The predicted octanol–water partition coefficient (Wildman–Crippen LogP) is 1.35. The van der Waals surface area contributed by atoms with Gasteiger partial charge in [0, 0.05) is 18.3 Å². The molecule has 4 heteroatoms. The first-order valence-corrected chi connectivity index (χ1v) is 6.02. The van der Waals surface area contributed by atoms with Gasteiger partial charge in [0.1, 0.15) is 0 Å². The number of carbonyl (C=O) groups is 1. The van der Waals surface area contributed by atoms with Crippen LogP contribution in [-0.2, 0) is 4.79 Å². The summed E-state index contributed by atoms with van der Waals surface area (Å²) in [7, 11) is 3.60. The molecule has 100 valence electrons. The van der Waals surface area contributed by atoms with E-state index in [1.807, 2.05) is 56.1 Å². The predicted molar refractivity (Wildman–Crippen MR) is 73.6 cm³/mol. The Morgan fingerprint density at radius 3 is 2.28 bits per heavy atom. The maximum atomic E-state index is 12.1. The Morgan fingerprint density at radius 1 is 1.22 bits per heavy atom. The molecule has 1 N–H and O–H groups in total. The van der Waals surface area contributed by atoms with Crippen molar-refractivity contribution < 1.29 is 9.90 Å². The molecule has 0 bridgehead atoms. The van der Waals surface area contributed by atoms with Crippen LogP contribution in [0.1, 0.15) is 13.8 Å². The van der Waals surface area contributed by atoms with E-state index in [4.69, 9.17) is 0 Å². The van der Waals surface area contributed by atoms with E-state index >= 15 is 0 Å². The summed E-state index contributed by atoms with van der Waals surface area (Å²) in [5.74, 6) is 0.00484. The molecule has 0 heterocycles. The van der Waals surface area contributed by atoms with Gasteiger partial charge in [-0.1, -0.05) is 18.2 Å². The zero-order valence-corrected chi connectivity index (χ0v) is 11.6. The number of rotatable bonds is 5. The third-order valence-electron chi connectivity index (χ3n) is 3.31. The van der Waals surface area contributed by atoms with Crippen molar-refractivity contribution in [1.29, 1.82) is 0 Å². The molecule has 18 heavy (non-hydrogen) atoms. The van der Waals surface area contributed by atoms with Gasteiger partial charge < -0.3 is 10.0 Å². The quantitative estimate of drug-likeness (QED) is 0.858. The van der Waals surface area contributed by atoms with E-state index in [0.29, 0.717) is 0 Å². The van der Waals surface area contributed by atoms with Crippen molar-refractivity contribution in [1.82, 2.24) is 4.90 Å². The van der Waals surface area contributed by atoms with E-state index in [-0.39, 0.29) is 19.1 Å². The number of hydrogen-bond acceptors (Lipinski definition) is 3. The first kappa shape index (κ1) is 14.7. The van der Waals surface area contributed by atoms with Crippen molar-refractivity contribution in [2.24, 2.45) is 0 Å². The number of nitrogens with zero attached hydrogens (tertiary/aromatic N) is 2. The smallest absolute Gasteiger partial charge is 0.240 e. The van der Waals surface area contributed by atoms with E-state index in [1.165, 1.54) is 0 Å². The standard InChI is InChI=1S/C14H22N2O2/c1-14(2,11-17)15(3)10-13(18)16(4)12-8-6-5-7-9-12/h5-9,17H,10-11H2,1-4H3. The fraction of sp³-hybridized carbons (Fsp3) is 0.500. The number of aliphatic hydroxyl groups is 1. The molecule has 4 nitrogen and oxygen atoms in total. The van der Waals surface area contributed by atoms with Crippen molar-refractivity contribution in [3.63, 3.8) is 0 Å². The number of para-hydroxylation sites is 1. The maximum Gasteiger partial charge on any atom is 0.240 e. The first-order chi connectivity index (χ1) is 8.38. The SMILES string of the molecule is CN(C(=O)CN(C)C(C)(C)CO)c1ccccc1. The molecule has 0 unspecified atom stereocenters. The number of benzene rings is 1. The Bertz CT molecular complexity index is 390. The zero-order chi connectivity index (χ0) is 13.8. The average molecular weight is 250 g/mol. The fourth-order valence-corrected chi connectivity index (χ4v) is 1.44. The number of likely N-dealkylation sites (N-methyl/N-ethyl adjacent to an activating group) is 2. The van der Waals surface area contributed by atoms with Crippen molar-refractivity contribution in [3.8, 4) is 0 Å². The van der Waals surface area contributed by atoms with Crippen molar-refractivity contribution in [2.75, 3.05) is 32.1 Å². The highest BCUT2D eigenvalue weighted by Crippen LogP contribution is 2.14. The Morgan fingerprint density at radius 2 is 1.78 bits per heavy atom. The maximum absolute atomic E-state index is 12.1. The van der Waals surface area contributed by atoms with Crippen LogP contribution in [0.5, 0.6) is 0 Å². The molecule has 0 aliphatic rings. The fourth-order valence-electron chi connectivity index (χ4n) is 1.44. The molecule has 0 aromatic heterocycles. The largest absolute Gasteiger partial charge is 0.394 e. The minimum atomic E-state index is -0.396. The lowest BCUT2D eigenvalue weighted by atomic mass is 10.1. The van der Waals surface area contributed by atoms with Crippen LogP contribution in [0.25, 0.3) is 0 Å². The summed E-state index contributed by atoms with van der Waals surface area (Å²) >= 11 is 0. The molecule has 0 radical (unpaired) electrons. The van der Waals surface area contributed by atoms with Gasteiger partial charge in [0.2, 0.25) is 5.91 Å². The van der Waals surface area contributed by atoms with Crippen LogP contribution in [0.4, 0.5) is 5.69 Å². The summed E-state index contributed by atoms with van der Waals surface area (Å²) in [6.07, 6.45) is 0. The third-order valence-corrected chi connectivity index (χ3v) is 3.31. The molecule has 1 rings (SSSR count). The van der Waals surface area contributed by atoms with Crippen LogP contribution in [0.3, 0.4) is 0 Å². The van der Waals surface area contributed by atoms with Gasteiger partial charge in [0.15, 0.2) is 0 Å². The van der Waals surface area contributed by atoms with Crippen LogP contribution in [-0.4, -0.2) is 48.7 Å². The molecule has 0 fully saturated rings. The summed E-state index contributed by atoms with van der Waals surface area (Å²) in [6, 6.07) is 9.52. The Kier molecular flexibility index (Phi) is 4.87. The highest BCUT2D eigenvalue weighted by Gasteiger charge is 2.25. The van der Waals surface area contributed by atoms with Crippen molar-refractivity contribution >= 4 is 11.6 Å². The number of aliphatic hydroxyl groups excluding tert-OH is 1. The highest BCUT2D eigenvalue weighted by molar-refractivity contribution is 5.94. The Labute approximate surface area is 109 Å². The summed E-state index contributed by atoms with van der Waals surface area (Å²) < 4.78 is 0. The van der Waals surface area contributed by atoms with Crippen molar-refractivity contribution in [2.45, 2.75) is 19.4 Å². The zero-order valence-electron chi connectivity index (χ0n) is 11.6. The molecule has 1 aromatic rings. The summed E-state index contributed by atoms with van der Waals surface area (Å²) in [6.45, 7) is 4.11. The second kappa shape index (κ2) is 5.98. The van der Waals surface area contributed by atoms with Crippen LogP contribution in [0.2, 0.25) is 0 Å². The van der Waals surface area contributed by atoms with E-state index in [1.54, 1.807) is 11.9 Å². The normalized spacial score (nSPS) is 11.7. The monoisotopic (exact) mass is 250 g/mol. The van der Waals surface area contributed by atoms with E-state index in [0.717, 1.165) is 5.69 Å². The number of amides is 1. The average Bonchev–Trinajstić information content (AvgIpc) is 2.38. The summed E-state index contributed by atoms with van der Waals surface area (Å²) in [5.41, 5.74) is 0.477. The molecule has 0 aliphatic heterocycles. The number of carbonyl (C=O) groups excluding carboxylic acids is 1. The molecule has 0 aliphatic carbocycles. The van der Waals surface area contributed by atoms with Gasteiger partial charge in [-0.2, -0.15) is 0 Å².